The zero-order valence-electron chi connectivity index (χ0n) is 15.2. The maximum Gasteiger partial charge on any atom is 0.343 e. The van der Waals surface area contributed by atoms with Gasteiger partial charge in [-0.15, -0.1) is 0 Å². The van der Waals surface area contributed by atoms with Crippen LogP contribution in [0.25, 0.3) is 0 Å². The molecule has 2 aromatic carbocycles. The van der Waals surface area contributed by atoms with Crippen LogP contribution < -0.4 is 10.2 Å². The summed E-state index contributed by atoms with van der Waals surface area (Å²) in [5.41, 5.74) is 2.81. The van der Waals surface area contributed by atoms with E-state index in [9.17, 15) is 19.7 Å². The van der Waals surface area contributed by atoms with E-state index >= 15 is 0 Å². The van der Waals surface area contributed by atoms with Crippen molar-refractivity contribution in [2.24, 2.45) is 5.10 Å². The number of benzene rings is 2. The summed E-state index contributed by atoms with van der Waals surface area (Å²) in [6, 6.07) is 13.7. The smallest absolute Gasteiger partial charge is 0.343 e. The summed E-state index contributed by atoms with van der Waals surface area (Å²) in [5, 5.41) is 15.0. The van der Waals surface area contributed by atoms with Gasteiger partial charge >= 0.3 is 5.97 Å². The Kier molecular flexibility index (Phi) is 6.60. The zero-order chi connectivity index (χ0) is 21.5. The number of carbonyl (C=O) groups excluding carboxylic acids is 2. The van der Waals surface area contributed by atoms with Crippen molar-refractivity contribution in [3.8, 4) is 5.75 Å². The third kappa shape index (κ3) is 5.11. The monoisotopic (exact) mass is 468 g/mol. The average molecular weight is 469 g/mol. The molecule has 1 amide bonds. The second-order valence-electron chi connectivity index (χ2n) is 5.79. The van der Waals surface area contributed by atoms with Gasteiger partial charge in [0.25, 0.3) is 11.6 Å². The average Bonchev–Trinajstić information content (AvgIpc) is 2.76. The first-order valence-corrected chi connectivity index (χ1v) is 9.23. The molecule has 150 valence electrons. The van der Waals surface area contributed by atoms with Crippen LogP contribution in [0.3, 0.4) is 0 Å². The number of nitrogens with zero attached hydrogens (tertiary/aromatic N) is 3. The molecule has 0 saturated carbocycles. The van der Waals surface area contributed by atoms with Gasteiger partial charge in [-0.25, -0.2) is 10.2 Å². The standard InChI is InChI=1S/C20H13BrN4O5/c21-17-11-16(25(28)29)10-15(12-23-24-19(26)13-6-8-22-9-7-13)18(17)30-20(27)14-4-2-1-3-5-14/h1-12H,(H,24,26). The number of rotatable bonds is 6. The molecule has 10 heteroatoms. The van der Waals surface area contributed by atoms with Crippen LogP contribution in [0.2, 0.25) is 0 Å². The summed E-state index contributed by atoms with van der Waals surface area (Å²) in [6.07, 6.45) is 4.07. The fraction of sp³-hybridized carbons (Fsp3) is 0. The molecule has 3 rings (SSSR count). The highest BCUT2D eigenvalue weighted by Gasteiger charge is 2.19. The zero-order valence-corrected chi connectivity index (χ0v) is 16.8. The lowest BCUT2D eigenvalue weighted by atomic mass is 10.2. The molecular weight excluding hydrogens is 456 g/mol. The van der Waals surface area contributed by atoms with Crippen molar-refractivity contribution >= 4 is 39.7 Å². The third-order valence-corrected chi connectivity index (χ3v) is 4.37. The highest BCUT2D eigenvalue weighted by Crippen LogP contribution is 2.33. The van der Waals surface area contributed by atoms with Gasteiger partial charge in [0, 0.05) is 35.7 Å². The molecule has 0 radical (unpaired) electrons. The molecular formula is C20H13BrN4O5. The van der Waals surface area contributed by atoms with Crippen LogP contribution in [-0.2, 0) is 0 Å². The Bertz CT molecular complexity index is 1120. The van der Waals surface area contributed by atoms with Gasteiger partial charge in [0.1, 0.15) is 0 Å². The molecule has 30 heavy (non-hydrogen) atoms. The quantitative estimate of drug-likeness (QED) is 0.193. The molecule has 0 aliphatic carbocycles. The van der Waals surface area contributed by atoms with Crippen molar-refractivity contribution in [3.05, 3.63) is 98.3 Å². The number of esters is 1. The summed E-state index contributed by atoms with van der Waals surface area (Å²) in [6.45, 7) is 0. The van der Waals surface area contributed by atoms with Crippen molar-refractivity contribution in [3.63, 3.8) is 0 Å². The Morgan fingerprint density at radius 3 is 2.47 bits per heavy atom. The molecule has 9 nitrogen and oxygen atoms in total. The van der Waals surface area contributed by atoms with E-state index in [4.69, 9.17) is 4.74 Å². The number of nitro benzene ring substituents is 1. The largest absolute Gasteiger partial charge is 0.421 e. The van der Waals surface area contributed by atoms with Crippen LogP contribution in [0.15, 0.2) is 76.6 Å². The van der Waals surface area contributed by atoms with Crippen LogP contribution in [0, 0.1) is 10.1 Å². The lowest BCUT2D eigenvalue weighted by Gasteiger charge is -2.10. The molecule has 0 aliphatic heterocycles. The molecule has 1 aromatic heterocycles. The van der Waals surface area contributed by atoms with Crippen molar-refractivity contribution in [1.29, 1.82) is 0 Å². The minimum Gasteiger partial charge on any atom is -0.421 e. The van der Waals surface area contributed by atoms with E-state index in [1.165, 1.54) is 36.7 Å². The fourth-order valence-electron chi connectivity index (χ4n) is 2.36. The van der Waals surface area contributed by atoms with Crippen LogP contribution in [0.1, 0.15) is 26.3 Å². The Balaban J connectivity index is 1.88. The number of hydrogen-bond acceptors (Lipinski definition) is 7. The molecule has 1 heterocycles. The van der Waals surface area contributed by atoms with Crippen LogP contribution >= 0.6 is 15.9 Å². The van der Waals surface area contributed by atoms with Gasteiger partial charge in [0.2, 0.25) is 0 Å². The van der Waals surface area contributed by atoms with E-state index in [-0.39, 0.29) is 21.5 Å². The van der Waals surface area contributed by atoms with E-state index in [0.29, 0.717) is 11.1 Å². The first-order valence-electron chi connectivity index (χ1n) is 8.44. The van der Waals surface area contributed by atoms with Gasteiger partial charge in [-0.1, -0.05) is 18.2 Å². The number of pyridine rings is 1. The maximum absolute atomic E-state index is 12.4. The van der Waals surface area contributed by atoms with E-state index in [1.54, 1.807) is 30.3 Å². The van der Waals surface area contributed by atoms with Gasteiger partial charge in [-0.05, 0) is 40.2 Å². The normalized spacial score (nSPS) is 10.6. The second kappa shape index (κ2) is 9.52. The summed E-state index contributed by atoms with van der Waals surface area (Å²) >= 11 is 3.19. The van der Waals surface area contributed by atoms with Gasteiger partial charge in [-0.2, -0.15) is 5.10 Å². The Labute approximate surface area is 178 Å². The molecule has 0 bridgehead atoms. The van der Waals surface area contributed by atoms with Crippen LogP contribution in [0.4, 0.5) is 5.69 Å². The Morgan fingerprint density at radius 2 is 1.80 bits per heavy atom. The van der Waals surface area contributed by atoms with E-state index < -0.39 is 16.8 Å². The van der Waals surface area contributed by atoms with Gasteiger partial charge in [0.05, 0.1) is 21.2 Å². The van der Waals surface area contributed by atoms with Gasteiger partial charge in [-0.3, -0.25) is 19.9 Å². The Morgan fingerprint density at radius 1 is 1.10 bits per heavy atom. The molecule has 1 N–H and O–H groups in total. The predicted octanol–water partition coefficient (Wildman–Crippen LogP) is 3.74. The minimum atomic E-state index is -0.652. The summed E-state index contributed by atoms with van der Waals surface area (Å²) in [5.74, 6) is -1.13. The molecule has 0 unspecified atom stereocenters. The van der Waals surface area contributed by atoms with Gasteiger partial charge < -0.3 is 4.74 Å². The second-order valence-corrected chi connectivity index (χ2v) is 6.65. The number of hydrogen-bond donors (Lipinski definition) is 1. The maximum atomic E-state index is 12.4. The molecule has 0 aliphatic rings. The summed E-state index contributed by atoms with van der Waals surface area (Å²) in [7, 11) is 0. The molecule has 3 aromatic rings. The van der Waals surface area contributed by atoms with Crippen molar-refractivity contribution in [2.45, 2.75) is 0 Å². The fourth-order valence-corrected chi connectivity index (χ4v) is 2.91. The minimum absolute atomic E-state index is 0.0244. The van der Waals surface area contributed by atoms with Crippen molar-refractivity contribution < 1.29 is 19.2 Å². The van der Waals surface area contributed by atoms with Crippen molar-refractivity contribution in [2.75, 3.05) is 0 Å². The topological polar surface area (TPSA) is 124 Å². The first-order chi connectivity index (χ1) is 14.5. The number of ether oxygens (including phenoxy) is 1. The van der Waals surface area contributed by atoms with E-state index in [0.717, 1.165) is 6.21 Å². The number of nitrogens with one attached hydrogen (secondary N) is 1. The third-order valence-electron chi connectivity index (χ3n) is 3.78. The SMILES string of the molecule is O=C(NN=Cc1cc([N+](=O)[O-])cc(Br)c1OC(=O)c1ccccc1)c1ccncc1. The number of amides is 1. The number of non-ortho nitro benzene ring substituents is 1. The van der Waals surface area contributed by atoms with Gasteiger partial charge in [0.15, 0.2) is 5.75 Å². The molecule has 0 saturated heterocycles. The highest BCUT2D eigenvalue weighted by atomic mass is 79.9. The van der Waals surface area contributed by atoms with Crippen LogP contribution in [0.5, 0.6) is 5.75 Å². The number of hydrazone groups is 1. The lowest BCUT2D eigenvalue weighted by molar-refractivity contribution is -0.385. The summed E-state index contributed by atoms with van der Waals surface area (Å²) < 4.78 is 5.60. The van der Waals surface area contributed by atoms with Crippen LogP contribution in [-0.4, -0.2) is 28.0 Å². The number of nitro groups is 1. The summed E-state index contributed by atoms with van der Waals surface area (Å²) in [4.78, 5) is 38.9. The van der Waals surface area contributed by atoms with E-state index in [1.807, 2.05) is 0 Å². The molecule has 0 fully saturated rings. The highest BCUT2D eigenvalue weighted by molar-refractivity contribution is 9.10. The number of aromatic nitrogens is 1. The first kappa shape index (κ1) is 20.8. The van der Waals surface area contributed by atoms with Crippen molar-refractivity contribution in [1.82, 2.24) is 10.4 Å². The molecule has 0 atom stereocenters. The number of carbonyl (C=O) groups is 2. The lowest BCUT2D eigenvalue weighted by Crippen LogP contribution is -2.17. The predicted molar refractivity (Wildman–Crippen MR) is 111 cm³/mol. The molecule has 0 spiro atoms. The van der Waals surface area contributed by atoms with E-state index in [2.05, 4.69) is 31.4 Å². The number of halogens is 1. The Hall–Kier alpha value is -3.92.